The minimum absolute atomic E-state index is 0.0806. The second-order valence-corrected chi connectivity index (χ2v) is 3.59. The van der Waals surface area contributed by atoms with E-state index >= 15 is 0 Å². The molecule has 0 bridgehead atoms. The molecule has 1 aliphatic heterocycles. The van der Waals surface area contributed by atoms with Gasteiger partial charge in [-0.1, -0.05) is 35.5 Å². The number of nitrogens with zero attached hydrogens (tertiary/aromatic N) is 2. The van der Waals surface area contributed by atoms with Crippen LogP contribution in [0, 0.1) is 0 Å². The van der Waals surface area contributed by atoms with Gasteiger partial charge in [0, 0.05) is 0 Å². The highest BCUT2D eigenvalue weighted by atomic mass is 16.4. The van der Waals surface area contributed by atoms with Crippen LogP contribution >= 0.6 is 0 Å². The number of amidine groups is 1. The summed E-state index contributed by atoms with van der Waals surface area (Å²) in [6.45, 7) is 1.14. The second-order valence-electron chi connectivity index (χ2n) is 3.59. The number of hydrogen-bond donors (Lipinski definition) is 2. The Morgan fingerprint density at radius 1 is 1.31 bits per heavy atom. The monoisotopic (exact) mass is 219 g/mol. The van der Waals surface area contributed by atoms with E-state index in [0.717, 1.165) is 5.56 Å². The molecule has 0 spiro atoms. The number of nitrogens with one attached hydrogen (secondary N) is 1. The van der Waals surface area contributed by atoms with Gasteiger partial charge in [-0.15, -0.1) is 0 Å². The lowest BCUT2D eigenvalue weighted by Crippen LogP contribution is -2.51. The predicted molar refractivity (Wildman–Crippen MR) is 59.1 cm³/mol. The van der Waals surface area contributed by atoms with Crippen LogP contribution in [-0.2, 0) is 11.3 Å². The summed E-state index contributed by atoms with van der Waals surface area (Å²) in [6.07, 6.45) is 0. The predicted octanol–water partition coefficient (Wildman–Crippen LogP) is 0.406. The molecule has 2 rings (SSSR count). The van der Waals surface area contributed by atoms with E-state index in [-0.39, 0.29) is 12.5 Å². The number of amides is 1. The molecule has 0 aromatic heterocycles. The second kappa shape index (κ2) is 4.76. The van der Waals surface area contributed by atoms with Gasteiger partial charge in [0.05, 0.1) is 19.6 Å². The van der Waals surface area contributed by atoms with Gasteiger partial charge in [0.1, 0.15) is 0 Å². The number of benzene rings is 1. The Morgan fingerprint density at radius 2 is 2.06 bits per heavy atom. The summed E-state index contributed by atoms with van der Waals surface area (Å²) in [5.74, 6) is 0.281. The minimum atomic E-state index is -0.0806. The molecule has 0 unspecified atom stereocenters. The highest BCUT2D eigenvalue weighted by Gasteiger charge is 2.24. The zero-order chi connectivity index (χ0) is 11.4. The fourth-order valence-electron chi connectivity index (χ4n) is 1.65. The van der Waals surface area contributed by atoms with Crippen molar-refractivity contribution >= 4 is 11.7 Å². The Kier molecular flexibility index (Phi) is 3.16. The number of rotatable bonds is 2. The first-order valence-corrected chi connectivity index (χ1v) is 5.07. The van der Waals surface area contributed by atoms with Gasteiger partial charge in [-0.2, -0.15) is 0 Å². The van der Waals surface area contributed by atoms with Crippen LogP contribution in [0.5, 0.6) is 0 Å². The highest BCUT2D eigenvalue weighted by Crippen LogP contribution is 2.07. The van der Waals surface area contributed by atoms with Crippen LogP contribution in [0.2, 0.25) is 0 Å². The van der Waals surface area contributed by atoms with Crippen LogP contribution in [0.3, 0.4) is 0 Å². The Hall–Kier alpha value is -1.88. The fourth-order valence-corrected chi connectivity index (χ4v) is 1.65. The van der Waals surface area contributed by atoms with Crippen LogP contribution in [0.15, 0.2) is 35.5 Å². The summed E-state index contributed by atoms with van der Waals surface area (Å²) >= 11 is 0. The zero-order valence-electron chi connectivity index (χ0n) is 8.76. The van der Waals surface area contributed by atoms with Gasteiger partial charge >= 0.3 is 0 Å². The molecule has 1 aromatic rings. The lowest BCUT2D eigenvalue weighted by atomic mass is 10.2. The van der Waals surface area contributed by atoms with Crippen molar-refractivity contribution in [3.63, 3.8) is 0 Å². The minimum Gasteiger partial charge on any atom is -0.409 e. The van der Waals surface area contributed by atoms with E-state index in [1.807, 2.05) is 30.3 Å². The van der Waals surface area contributed by atoms with Crippen molar-refractivity contribution in [3.8, 4) is 0 Å². The Bertz CT molecular complexity index is 403. The van der Waals surface area contributed by atoms with Crippen molar-refractivity contribution in [2.24, 2.45) is 5.16 Å². The third-order valence-corrected chi connectivity index (χ3v) is 2.47. The van der Waals surface area contributed by atoms with E-state index in [9.17, 15) is 4.79 Å². The van der Waals surface area contributed by atoms with Crippen molar-refractivity contribution in [1.29, 1.82) is 0 Å². The lowest BCUT2D eigenvalue weighted by molar-refractivity contribution is -0.127. The van der Waals surface area contributed by atoms with E-state index in [2.05, 4.69) is 10.5 Å². The summed E-state index contributed by atoms with van der Waals surface area (Å²) in [4.78, 5) is 13.1. The summed E-state index contributed by atoms with van der Waals surface area (Å²) in [7, 11) is 0. The molecule has 5 heteroatoms. The van der Waals surface area contributed by atoms with E-state index in [1.165, 1.54) is 4.90 Å². The molecule has 2 N–H and O–H groups in total. The SMILES string of the molecule is O=C1CNCC(=NO)N1Cc1ccccc1. The van der Waals surface area contributed by atoms with Gasteiger partial charge in [0.2, 0.25) is 5.91 Å². The van der Waals surface area contributed by atoms with Gasteiger partial charge in [-0.25, -0.2) is 0 Å². The van der Waals surface area contributed by atoms with Crippen molar-refractivity contribution in [2.45, 2.75) is 6.54 Å². The first-order chi connectivity index (χ1) is 7.81. The topological polar surface area (TPSA) is 64.9 Å². The quantitative estimate of drug-likeness (QED) is 0.559. The summed E-state index contributed by atoms with van der Waals surface area (Å²) in [5.41, 5.74) is 1.01. The number of carbonyl (C=O) groups is 1. The third kappa shape index (κ3) is 2.20. The number of piperazine rings is 1. The Morgan fingerprint density at radius 3 is 2.75 bits per heavy atom. The van der Waals surface area contributed by atoms with E-state index in [4.69, 9.17) is 5.21 Å². The summed E-state index contributed by atoms with van der Waals surface area (Å²) in [5, 5.41) is 14.8. The van der Waals surface area contributed by atoms with Gasteiger partial charge < -0.3 is 10.5 Å². The van der Waals surface area contributed by atoms with E-state index in [0.29, 0.717) is 18.9 Å². The first-order valence-electron chi connectivity index (χ1n) is 5.07. The van der Waals surface area contributed by atoms with Crippen LogP contribution in [0.25, 0.3) is 0 Å². The van der Waals surface area contributed by atoms with Crippen LogP contribution in [-0.4, -0.2) is 34.9 Å². The molecular weight excluding hydrogens is 206 g/mol. The summed E-state index contributed by atoms with van der Waals surface area (Å²) < 4.78 is 0. The average Bonchev–Trinajstić information content (AvgIpc) is 2.33. The molecule has 1 amide bonds. The van der Waals surface area contributed by atoms with Crippen LogP contribution in [0.1, 0.15) is 5.56 Å². The number of oxime groups is 1. The zero-order valence-corrected chi connectivity index (χ0v) is 8.76. The van der Waals surface area contributed by atoms with E-state index in [1.54, 1.807) is 0 Å². The molecule has 1 heterocycles. The molecular formula is C11H13N3O2. The molecule has 1 aromatic carbocycles. The van der Waals surface area contributed by atoms with Crippen LogP contribution in [0.4, 0.5) is 0 Å². The number of hydrogen-bond acceptors (Lipinski definition) is 4. The van der Waals surface area contributed by atoms with Crippen molar-refractivity contribution in [3.05, 3.63) is 35.9 Å². The van der Waals surface area contributed by atoms with Gasteiger partial charge in [-0.05, 0) is 5.56 Å². The molecule has 5 nitrogen and oxygen atoms in total. The third-order valence-electron chi connectivity index (χ3n) is 2.47. The van der Waals surface area contributed by atoms with E-state index < -0.39 is 0 Å². The van der Waals surface area contributed by atoms with Gasteiger partial charge in [-0.3, -0.25) is 9.69 Å². The Labute approximate surface area is 93.4 Å². The standard InChI is InChI=1S/C11H13N3O2/c15-11-7-12-6-10(13-16)14(11)8-9-4-2-1-3-5-9/h1-5,12,16H,6-8H2. The van der Waals surface area contributed by atoms with Crippen molar-refractivity contribution in [1.82, 2.24) is 10.2 Å². The van der Waals surface area contributed by atoms with Crippen molar-refractivity contribution < 1.29 is 10.0 Å². The Balaban J connectivity index is 2.15. The molecule has 0 saturated carbocycles. The molecule has 16 heavy (non-hydrogen) atoms. The highest BCUT2D eigenvalue weighted by molar-refractivity contribution is 6.01. The smallest absolute Gasteiger partial charge is 0.242 e. The maximum atomic E-state index is 11.6. The largest absolute Gasteiger partial charge is 0.409 e. The number of carbonyl (C=O) groups excluding carboxylic acids is 1. The maximum absolute atomic E-state index is 11.6. The van der Waals surface area contributed by atoms with Crippen LogP contribution < -0.4 is 5.32 Å². The lowest BCUT2D eigenvalue weighted by Gasteiger charge is -2.27. The molecule has 0 radical (unpaired) electrons. The normalized spacial score (nSPS) is 19.1. The summed E-state index contributed by atoms with van der Waals surface area (Å²) in [6, 6.07) is 9.62. The van der Waals surface area contributed by atoms with Gasteiger partial charge in [0.15, 0.2) is 5.84 Å². The molecule has 1 aliphatic rings. The molecule has 1 fully saturated rings. The fraction of sp³-hybridized carbons (Fsp3) is 0.273. The molecule has 0 atom stereocenters. The molecule has 1 saturated heterocycles. The molecule has 0 aliphatic carbocycles. The van der Waals surface area contributed by atoms with Crippen molar-refractivity contribution in [2.75, 3.05) is 13.1 Å². The molecule has 84 valence electrons. The van der Waals surface area contributed by atoms with Gasteiger partial charge in [0.25, 0.3) is 0 Å². The first kappa shape index (κ1) is 10.6. The average molecular weight is 219 g/mol. The maximum Gasteiger partial charge on any atom is 0.242 e.